The molecule has 1 aromatic carbocycles. The highest BCUT2D eigenvalue weighted by molar-refractivity contribution is 5.98. The number of nitrogens with zero attached hydrogens (tertiary/aromatic N) is 4. The van der Waals surface area contributed by atoms with Gasteiger partial charge in [0.05, 0.1) is 49.2 Å². The lowest BCUT2D eigenvalue weighted by atomic mass is 9.98. The summed E-state index contributed by atoms with van der Waals surface area (Å²) in [5.74, 6) is 0.806. The smallest absolute Gasteiger partial charge is 0.177 e. The number of carbonyl (C=O) groups is 1. The summed E-state index contributed by atoms with van der Waals surface area (Å²) in [5, 5.41) is 8.44. The van der Waals surface area contributed by atoms with Crippen LogP contribution in [0.4, 0.5) is 5.69 Å². The number of hydrogen-bond donors (Lipinski definition) is 1. The zero-order valence-corrected chi connectivity index (χ0v) is 20.3. The zero-order chi connectivity index (χ0) is 24.5. The molecule has 1 aliphatic carbocycles. The summed E-state index contributed by atoms with van der Waals surface area (Å²) in [7, 11) is 0. The molecule has 6 rings (SSSR count). The second-order valence-corrected chi connectivity index (χ2v) is 9.61. The van der Waals surface area contributed by atoms with Crippen LogP contribution in [-0.4, -0.2) is 57.8 Å². The topological polar surface area (TPSA) is 90.6 Å². The lowest BCUT2D eigenvalue weighted by Gasteiger charge is -2.23. The van der Waals surface area contributed by atoms with Crippen LogP contribution in [-0.2, 0) is 9.47 Å². The van der Waals surface area contributed by atoms with Gasteiger partial charge in [-0.25, -0.2) is 9.50 Å². The van der Waals surface area contributed by atoms with Crippen LogP contribution < -0.4 is 5.32 Å². The largest absolute Gasteiger partial charge is 0.379 e. The van der Waals surface area contributed by atoms with Crippen LogP contribution in [0.5, 0.6) is 0 Å². The molecule has 1 N–H and O–H groups in total. The molecule has 4 aromatic rings. The number of pyridine rings is 1. The molecule has 1 atom stereocenters. The number of benzene rings is 1. The number of rotatable bonds is 8. The summed E-state index contributed by atoms with van der Waals surface area (Å²) in [5.41, 5.74) is 6.98. The molecule has 2 fully saturated rings. The minimum Gasteiger partial charge on any atom is -0.379 e. The summed E-state index contributed by atoms with van der Waals surface area (Å²) >= 11 is 0. The fraction of sp³-hybridized carbons (Fsp3) is 0.357. The number of nitrogens with one attached hydrogen (secondary N) is 1. The third-order valence-corrected chi connectivity index (χ3v) is 6.84. The maximum Gasteiger partial charge on any atom is 0.177 e. The number of carbonyl (C=O) groups excluding carboxylic acids is 1. The molecule has 184 valence electrons. The van der Waals surface area contributed by atoms with Crippen LogP contribution in [0.3, 0.4) is 0 Å². The normalized spacial score (nSPS) is 17.9. The average Bonchev–Trinajstić information content (AvgIpc) is 3.62. The van der Waals surface area contributed by atoms with E-state index in [4.69, 9.17) is 19.6 Å². The van der Waals surface area contributed by atoms with Gasteiger partial charge in [-0.05, 0) is 55.5 Å². The maximum atomic E-state index is 12.7. The summed E-state index contributed by atoms with van der Waals surface area (Å²) in [6.45, 7) is 4.41. The first-order chi connectivity index (χ1) is 17.7. The van der Waals surface area contributed by atoms with Crippen LogP contribution in [0.1, 0.15) is 35.2 Å². The van der Waals surface area contributed by atoms with Crippen molar-refractivity contribution in [2.75, 3.05) is 31.7 Å². The van der Waals surface area contributed by atoms with Crippen LogP contribution in [0.2, 0.25) is 0 Å². The first kappa shape index (κ1) is 22.8. The predicted molar refractivity (Wildman–Crippen MR) is 137 cm³/mol. The van der Waals surface area contributed by atoms with Gasteiger partial charge in [0.15, 0.2) is 11.4 Å². The molecule has 4 heterocycles. The lowest BCUT2D eigenvalue weighted by molar-refractivity contribution is -0.0818. The molecule has 3 aromatic heterocycles. The Morgan fingerprint density at radius 1 is 1.11 bits per heavy atom. The Kier molecular flexibility index (Phi) is 6.21. The molecule has 2 aliphatic rings. The molecular formula is C28H29N5O3. The van der Waals surface area contributed by atoms with E-state index in [2.05, 4.69) is 16.4 Å². The van der Waals surface area contributed by atoms with Gasteiger partial charge in [0.25, 0.3) is 0 Å². The van der Waals surface area contributed by atoms with E-state index in [1.165, 1.54) is 12.8 Å². The van der Waals surface area contributed by atoms with Crippen LogP contribution in [0, 0.1) is 12.8 Å². The third kappa shape index (κ3) is 4.74. The van der Waals surface area contributed by atoms with E-state index in [0.717, 1.165) is 45.0 Å². The van der Waals surface area contributed by atoms with E-state index < -0.39 is 0 Å². The number of imidazole rings is 1. The Labute approximate surface area is 209 Å². The highest BCUT2D eigenvalue weighted by Gasteiger charge is 2.26. The number of fused-ring (bicyclic) bond motifs is 1. The lowest BCUT2D eigenvalue weighted by Crippen LogP contribution is -2.34. The Bertz CT molecular complexity index is 1390. The number of aryl methyl sites for hydroxylation is 1. The van der Waals surface area contributed by atoms with Gasteiger partial charge in [-0.15, -0.1) is 0 Å². The Hall–Kier alpha value is -3.62. The summed E-state index contributed by atoms with van der Waals surface area (Å²) in [6, 6.07) is 11.9. The zero-order valence-electron chi connectivity index (χ0n) is 20.3. The number of ketones is 1. The van der Waals surface area contributed by atoms with Crippen molar-refractivity contribution in [2.45, 2.75) is 32.3 Å². The second-order valence-electron chi connectivity index (χ2n) is 9.61. The molecule has 0 bridgehead atoms. The van der Waals surface area contributed by atoms with Gasteiger partial charge in [0.1, 0.15) is 0 Å². The van der Waals surface area contributed by atoms with Crippen LogP contribution in [0.15, 0.2) is 55.0 Å². The molecule has 36 heavy (non-hydrogen) atoms. The molecule has 1 saturated carbocycles. The molecule has 1 unspecified atom stereocenters. The number of ether oxygens (including phenoxy) is 2. The van der Waals surface area contributed by atoms with E-state index in [9.17, 15) is 4.79 Å². The highest BCUT2D eigenvalue weighted by atomic mass is 16.6. The van der Waals surface area contributed by atoms with Crippen molar-refractivity contribution in [3.05, 3.63) is 66.1 Å². The minimum atomic E-state index is -0.0193. The third-order valence-electron chi connectivity index (χ3n) is 6.84. The molecule has 1 aliphatic heterocycles. The molecular weight excluding hydrogens is 454 g/mol. The van der Waals surface area contributed by atoms with E-state index in [-0.39, 0.29) is 11.9 Å². The quantitative estimate of drug-likeness (QED) is 0.367. The van der Waals surface area contributed by atoms with E-state index in [1.54, 1.807) is 12.4 Å². The van der Waals surface area contributed by atoms with E-state index in [0.29, 0.717) is 38.7 Å². The molecule has 8 heteroatoms. The van der Waals surface area contributed by atoms with Gasteiger partial charge >= 0.3 is 0 Å². The molecule has 0 amide bonds. The molecule has 8 nitrogen and oxygen atoms in total. The summed E-state index contributed by atoms with van der Waals surface area (Å²) < 4.78 is 13.2. The Morgan fingerprint density at radius 3 is 2.72 bits per heavy atom. The Morgan fingerprint density at radius 2 is 1.97 bits per heavy atom. The molecule has 0 radical (unpaired) electrons. The number of anilines is 1. The minimum absolute atomic E-state index is 0.0193. The van der Waals surface area contributed by atoms with Crippen molar-refractivity contribution < 1.29 is 14.3 Å². The van der Waals surface area contributed by atoms with Crippen molar-refractivity contribution in [3.8, 4) is 22.5 Å². The number of Topliss-reactive ketones (excluding diaryl/α,β-unsaturated/α-hetero) is 1. The monoisotopic (exact) mass is 483 g/mol. The van der Waals surface area contributed by atoms with Crippen molar-refractivity contribution in [1.29, 1.82) is 0 Å². The average molecular weight is 484 g/mol. The van der Waals surface area contributed by atoms with E-state index >= 15 is 0 Å². The van der Waals surface area contributed by atoms with Crippen LogP contribution >= 0.6 is 0 Å². The second kappa shape index (κ2) is 9.79. The van der Waals surface area contributed by atoms with Gasteiger partial charge in [-0.2, -0.15) is 5.10 Å². The fourth-order valence-corrected chi connectivity index (χ4v) is 4.67. The maximum absolute atomic E-state index is 12.7. The van der Waals surface area contributed by atoms with Gasteiger partial charge < -0.3 is 14.8 Å². The molecule has 0 spiro atoms. The number of aromatic nitrogens is 4. The van der Waals surface area contributed by atoms with Crippen LogP contribution in [0.25, 0.3) is 28.2 Å². The summed E-state index contributed by atoms with van der Waals surface area (Å²) in [4.78, 5) is 21.6. The van der Waals surface area contributed by atoms with Crippen molar-refractivity contribution in [2.24, 2.45) is 5.92 Å². The van der Waals surface area contributed by atoms with Crippen molar-refractivity contribution >= 4 is 17.1 Å². The number of hydrogen-bond acceptors (Lipinski definition) is 7. The summed E-state index contributed by atoms with van der Waals surface area (Å²) in [6.07, 6.45) is 8.34. The van der Waals surface area contributed by atoms with Gasteiger partial charge in [-0.3, -0.25) is 9.78 Å². The van der Waals surface area contributed by atoms with Gasteiger partial charge in [0, 0.05) is 42.0 Å². The first-order valence-corrected chi connectivity index (χ1v) is 12.5. The van der Waals surface area contributed by atoms with Crippen molar-refractivity contribution in [1.82, 2.24) is 19.6 Å². The predicted octanol–water partition coefficient (Wildman–Crippen LogP) is 4.58. The van der Waals surface area contributed by atoms with E-state index in [1.807, 2.05) is 48.0 Å². The Balaban J connectivity index is 1.37. The van der Waals surface area contributed by atoms with Gasteiger partial charge in [0.2, 0.25) is 0 Å². The highest BCUT2D eigenvalue weighted by Crippen LogP contribution is 2.34. The SMILES string of the molecule is Cc1cc(-c2cnc3c(NCC4COCCO4)cc(-c4ccncc4)nn23)ccc1C(=O)CC1CC1. The van der Waals surface area contributed by atoms with Crippen molar-refractivity contribution in [3.63, 3.8) is 0 Å². The fourth-order valence-electron chi connectivity index (χ4n) is 4.67. The van der Waals surface area contributed by atoms with Gasteiger partial charge in [-0.1, -0.05) is 12.1 Å². The molecule has 1 saturated heterocycles. The first-order valence-electron chi connectivity index (χ1n) is 12.5. The standard InChI is InChI=1S/C28H29N5O3/c1-18-12-21(4-5-23(18)27(34)13-19-2-3-19)26-16-31-28-25(30-15-22-17-35-10-11-36-22)14-24(32-33(26)28)20-6-8-29-9-7-20/h4-9,12,14,16,19,22,30H,2-3,10-11,13,15,17H2,1H3.